The molecule has 11 aromatic rings. The lowest BCUT2D eigenvalue weighted by atomic mass is 9.98. The molecule has 4 aliphatic heterocycles. The van der Waals surface area contributed by atoms with Crippen LogP contribution in [-0.4, -0.2) is 147 Å². The van der Waals surface area contributed by atoms with E-state index in [2.05, 4.69) is 74.1 Å². The summed E-state index contributed by atoms with van der Waals surface area (Å²) in [5, 5.41) is 19.6. The number of carboxylic acids is 1. The van der Waals surface area contributed by atoms with E-state index in [-0.39, 0.29) is 27.8 Å². The summed E-state index contributed by atoms with van der Waals surface area (Å²) >= 11 is 12.1. The Bertz CT molecular complexity index is 5170. The molecule has 1 amide bonds. The topological polar surface area (TPSA) is 211 Å². The van der Waals surface area contributed by atoms with E-state index < -0.39 is 27.9 Å². The summed E-state index contributed by atoms with van der Waals surface area (Å²) in [5.41, 5.74) is 13.7. The zero-order valence-electron chi connectivity index (χ0n) is 58.3. The van der Waals surface area contributed by atoms with Crippen LogP contribution < -0.4 is 30.1 Å². The van der Waals surface area contributed by atoms with Crippen LogP contribution in [-0.2, 0) is 48.2 Å². The molecule has 0 saturated carbocycles. The smallest absolute Gasteiger partial charge is 0.344 e. The lowest BCUT2D eigenvalue weighted by Crippen LogP contribution is -2.36. The Morgan fingerprint density at radius 3 is 1.67 bits per heavy atom. The molecule has 4 aliphatic rings. The second kappa shape index (κ2) is 34.5. The lowest BCUT2D eigenvalue weighted by molar-refractivity contribution is 0.0700. The highest BCUT2D eigenvalue weighted by Gasteiger charge is 2.34. The number of rotatable bonds is 16. The standard InChI is InChI=1S/C21H19FN2OS.C20H21N3O2S.C19H19FN2OS.C18H18ClN3O5S2/c1-14-19(20(23-2)21(26-14)24-7-9-25-10-8-24)12-15-3-4-17-13-18(22)6-5-16(17)11-15;1-13-18(22-20(26-13)23-6-8-25-9-7-23)11-14-2-3-15-4-5-16(19(21)24)12-17(15)10-14;1-13-17(21-19(24-13)22-8-10-23-11-9-22)12-15-7-6-14-4-2-3-5-16(14)18(15)20;1-20-15-13(14(21-29(2,25)26)11-3-5-12(19)6-4-11)16(18(23)24)28-17(15)22-7-9-27-10-8-22/h3-6,11,13H,7-10,12H2,1H3;2-5,10,12H,6-9,11H2,1H3,(H2,21,24);2-7H,8-12H2,1H3;3-6,14,21H,7-10H2,2H3,(H,23,24). The van der Waals surface area contributed by atoms with E-state index in [9.17, 15) is 31.9 Å². The molecule has 105 heavy (non-hydrogen) atoms. The van der Waals surface area contributed by atoms with E-state index in [1.54, 1.807) is 70.4 Å². The number of anilines is 4. The van der Waals surface area contributed by atoms with Crippen LogP contribution in [0.4, 0.5) is 40.4 Å². The van der Waals surface area contributed by atoms with Gasteiger partial charge < -0.3 is 49.4 Å². The van der Waals surface area contributed by atoms with Crippen LogP contribution in [0.25, 0.3) is 42.0 Å². The number of hydrogen-bond donors (Lipinski definition) is 3. The predicted octanol–water partition coefficient (Wildman–Crippen LogP) is 15.8. The number of aryl methyl sites for hydroxylation is 3. The minimum absolute atomic E-state index is 0.0754. The Labute approximate surface area is 629 Å². The minimum atomic E-state index is -3.72. The van der Waals surface area contributed by atoms with Gasteiger partial charge in [0.2, 0.25) is 27.3 Å². The molecule has 15 rings (SSSR count). The molecule has 27 heteroatoms. The fourth-order valence-corrected chi connectivity index (χ4v) is 17.9. The molecular weight excluding hydrogens is 1450 g/mol. The molecule has 544 valence electrons. The van der Waals surface area contributed by atoms with Gasteiger partial charge in [-0.25, -0.2) is 46.4 Å². The molecular formula is C78H77ClF2N10O9S5. The van der Waals surface area contributed by atoms with Crippen molar-refractivity contribution < 1.29 is 50.8 Å². The van der Waals surface area contributed by atoms with Crippen LogP contribution in [0.1, 0.15) is 85.5 Å². The molecule has 4 fully saturated rings. The van der Waals surface area contributed by atoms with Gasteiger partial charge in [0, 0.05) is 96.5 Å². The number of carboxylic acid groups (broad SMARTS) is 1. The fraction of sp³-hybridized carbons (Fsp3) is 0.308. The summed E-state index contributed by atoms with van der Waals surface area (Å²) in [7, 11) is -3.72. The summed E-state index contributed by atoms with van der Waals surface area (Å²) in [6.07, 6.45) is 3.02. The Hall–Kier alpha value is -9.00. The van der Waals surface area contributed by atoms with Gasteiger partial charge >= 0.3 is 5.97 Å². The zero-order valence-corrected chi connectivity index (χ0v) is 63.1. The molecule has 0 aliphatic carbocycles. The summed E-state index contributed by atoms with van der Waals surface area (Å²) in [6.45, 7) is 33.3. The monoisotopic (exact) mass is 1530 g/mol. The number of carbonyl (C=O) groups excluding carboxylic acids is 1. The molecule has 19 nitrogen and oxygen atoms in total. The number of thiazole rings is 2. The van der Waals surface area contributed by atoms with Crippen molar-refractivity contribution in [3.63, 3.8) is 0 Å². The van der Waals surface area contributed by atoms with Crippen LogP contribution >= 0.6 is 56.9 Å². The SMILES string of the molecule is Cc1sc(N2CCOCC2)nc1Cc1ccc2ccc(C(N)=O)cc2c1.Cc1sc(N2CCOCC2)nc1Cc1ccc2ccccc2c1F.[C-]#[N+]c1c(N2CCOCC2)sc(C(=O)O)c1C(NS(C)(=O)=O)c1ccc(Cl)cc1.[C-]#[N+]c1c(N2CCOCC2)sc(C)c1Cc1ccc2cc(F)ccc2c1. The normalized spacial score (nSPS) is 15.1. The van der Waals surface area contributed by atoms with E-state index in [0.29, 0.717) is 78.0 Å². The molecule has 4 saturated heterocycles. The van der Waals surface area contributed by atoms with Gasteiger partial charge in [-0.05, 0) is 123 Å². The van der Waals surface area contributed by atoms with Crippen LogP contribution in [0.3, 0.4) is 0 Å². The zero-order chi connectivity index (χ0) is 73.9. The number of nitrogens with one attached hydrogen (secondary N) is 1. The van der Waals surface area contributed by atoms with Crippen molar-refractivity contribution in [1.29, 1.82) is 0 Å². The largest absolute Gasteiger partial charge is 0.477 e. The third-order valence-electron chi connectivity index (χ3n) is 18.3. The number of aromatic carboxylic acids is 1. The Kier molecular flexibility index (Phi) is 24.9. The van der Waals surface area contributed by atoms with Crippen molar-refractivity contribution in [3.05, 3.63) is 243 Å². The third-order valence-corrected chi connectivity index (χ3v) is 23.8. The number of benzene rings is 7. The van der Waals surface area contributed by atoms with E-state index in [1.807, 2.05) is 71.6 Å². The Balaban J connectivity index is 0.000000132. The summed E-state index contributed by atoms with van der Waals surface area (Å²) in [4.78, 5) is 52.8. The second-order valence-corrected chi connectivity index (χ2v) is 32.2. The van der Waals surface area contributed by atoms with Crippen LogP contribution in [0.2, 0.25) is 5.02 Å². The molecule has 1 unspecified atom stereocenters. The molecule has 4 aromatic heterocycles. The first kappa shape index (κ1) is 75.7. The highest BCUT2D eigenvalue weighted by Crippen LogP contribution is 2.48. The highest BCUT2D eigenvalue weighted by molar-refractivity contribution is 7.88. The van der Waals surface area contributed by atoms with Gasteiger partial charge in [-0.2, -0.15) is 0 Å². The number of amides is 1. The number of hydrogen-bond acceptors (Lipinski definition) is 18. The lowest BCUT2D eigenvalue weighted by Gasteiger charge is -2.28. The third kappa shape index (κ3) is 18.6. The van der Waals surface area contributed by atoms with E-state index in [4.69, 9.17) is 59.4 Å². The maximum absolute atomic E-state index is 14.8. The van der Waals surface area contributed by atoms with E-state index >= 15 is 0 Å². The average Bonchev–Trinajstić information content (AvgIpc) is 1.56. The first-order chi connectivity index (χ1) is 50.7. The van der Waals surface area contributed by atoms with Crippen molar-refractivity contribution in [2.24, 2.45) is 5.73 Å². The molecule has 8 heterocycles. The number of nitrogens with two attached hydrogens (primary N) is 1. The van der Waals surface area contributed by atoms with Gasteiger partial charge in [-0.3, -0.25) is 4.79 Å². The number of morpholine rings is 4. The van der Waals surface area contributed by atoms with Gasteiger partial charge in [0.1, 0.15) is 16.5 Å². The summed E-state index contributed by atoms with van der Waals surface area (Å²) < 4.78 is 76.4. The van der Waals surface area contributed by atoms with E-state index in [0.717, 1.165) is 171 Å². The number of fused-ring (bicyclic) bond motifs is 3. The molecule has 7 aromatic carbocycles. The molecule has 4 N–H and O–H groups in total. The van der Waals surface area contributed by atoms with Crippen molar-refractivity contribution in [1.82, 2.24) is 14.7 Å². The maximum atomic E-state index is 14.8. The number of aromatic nitrogens is 2. The van der Waals surface area contributed by atoms with Crippen LogP contribution in [0.15, 0.2) is 133 Å². The molecule has 1 atom stereocenters. The van der Waals surface area contributed by atoms with Crippen LogP contribution in [0, 0.1) is 45.5 Å². The predicted molar refractivity (Wildman–Crippen MR) is 419 cm³/mol. The first-order valence-corrected chi connectivity index (χ1v) is 39.6. The molecule has 0 radical (unpaired) electrons. The van der Waals surface area contributed by atoms with Gasteiger partial charge in [0.15, 0.2) is 10.3 Å². The highest BCUT2D eigenvalue weighted by atomic mass is 35.5. The molecule has 0 spiro atoms. The Morgan fingerprint density at radius 2 is 1.10 bits per heavy atom. The number of ether oxygens (including phenoxy) is 4. The quantitative estimate of drug-likeness (QED) is 0.0768. The van der Waals surface area contributed by atoms with Gasteiger partial charge in [-0.15, -0.1) is 45.3 Å². The number of primary amides is 1. The molecule has 0 bridgehead atoms. The second-order valence-electron chi connectivity index (χ2n) is 25.5. The number of carbonyl (C=O) groups is 2. The Morgan fingerprint density at radius 1 is 0.590 bits per heavy atom. The van der Waals surface area contributed by atoms with Gasteiger partial charge in [0.25, 0.3) is 0 Å². The summed E-state index contributed by atoms with van der Waals surface area (Å²) in [6, 6.07) is 39.6. The summed E-state index contributed by atoms with van der Waals surface area (Å²) in [5.74, 6) is -1.97. The first-order valence-electron chi connectivity index (χ1n) is 34.1. The van der Waals surface area contributed by atoms with E-state index in [1.165, 1.54) is 21.4 Å². The number of halogens is 3. The van der Waals surface area contributed by atoms with Crippen molar-refractivity contribution >= 4 is 143 Å². The maximum Gasteiger partial charge on any atom is 0.344 e. The van der Waals surface area contributed by atoms with Crippen LogP contribution in [0.5, 0.6) is 0 Å². The van der Waals surface area contributed by atoms with Crippen molar-refractivity contribution in [3.8, 4) is 0 Å². The van der Waals surface area contributed by atoms with Crippen molar-refractivity contribution in [2.45, 2.75) is 46.1 Å². The van der Waals surface area contributed by atoms with Gasteiger partial charge in [-0.1, -0.05) is 109 Å². The fourth-order valence-electron chi connectivity index (χ4n) is 12.8. The number of sulfonamides is 1. The van der Waals surface area contributed by atoms with Gasteiger partial charge in [0.05, 0.1) is 99.7 Å². The number of nitrogens with zero attached hydrogens (tertiary/aromatic N) is 8. The average molecular weight is 1530 g/mol. The van der Waals surface area contributed by atoms with Crippen molar-refractivity contribution in [2.75, 3.05) is 131 Å². The minimum Gasteiger partial charge on any atom is -0.477 e. The number of thiophene rings is 2.